The summed E-state index contributed by atoms with van der Waals surface area (Å²) >= 11 is 1.46. The van der Waals surface area contributed by atoms with Crippen molar-refractivity contribution < 1.29 is 14.3 Å². The van der Waals surface area contributed by atoms with Crippen molar-refractivity contribution in [2.75, 3.05) is 6.54 Å². The monoisotopic (exact) mass is 304 g/mol. The molecule has 1 aliphatic heterocycles. The van der Waals surface area contributed by atoms with Crippen LogP contribution in [0.1, 0.15) is 18.6 Å². The number of hydrogen-bond acceptors (Lipinski definition) is 5. The summed E-state index contributed by atoms with van der Waals surface area (Å²) in [4.78, 5) is 17.4. The number of aromatic nitrogens is 1. The van der Waals surface area contributed by atoms with Crippen LogP contribution in [-0.2, 0) is 11.3 Å². The van der Waals surface area contributed by atoms with Gasteiger partial charge in [0.15, 0.2) is 5.09 Å². The summed E-state index contributed by atoms with van der Waals surface area (Å²) in [5, 5.41) is 10.8. The zero-order valence-corrected chi connectivity index (χ0v) is 12.3. The maximum Gasteiger partial charge on any atom is 0.320 e. The first-order valence-electron chi connectivity index (χ1n) is 6.87. The molecule has 0 saturated carbocycles. The molecule has 2 aromatic heterocycles. The highest BCUT2D eigenvalue weighted by Crippen LogP contribution is 2.29. The Balaban J connectivity index is 1.64. The van der Waals surface area contributed by atoms with Gasteiger partial charge in [0.05, 0.1) is 6.54 Å². The van der Waals surface area contributed by atoms with Crippen LogP contribution in [0.5, 0.6) is 0 Å². The van der Waals surface area contributed by atoms with Gasteiger partial charge in [0, 0.05) is 6.20 Å². The lowest BCUT2D eigenvalue weighted by molar-refractivity contribution is -0.142. The van der Waals surface area contributed by atoms with Crippen molar-refractivity contribution in [2.24, 2.45) is 0 Å². The first-order chi connectivity index (χ1) is 10.2. The first kappa shape index (κ1) is 14.2. The van der Waals surface area contributed by atoms with Crippen LogP contribution in [0.4, 0.5) is 0 Å². The molecule has 1 saturated heterocycles. The smallest absolute Gasteiger partial charge is 0.320 e. The third-order valence-electron chi connectivity index (χ3n) is 3.49. The van der Waals surface area contributed by atoms with E-state index in [9.17, 15) is 9.90 Å². The molecule has 3 heterocycles. The lowest BCUT2D eigenvalue weighted by atomic mass is 10.2. The number of furan rings is 1. The summed E-state index contributed by atoms with van der Waals surface area (Å²) in [5.74, 6) is 0.0451. The van der Waals surface area contributed by atoms with Gasteiger partial charge in [0.1, 0.15) is 16.8 Å². The summed E-state index contributed by atoms with van der Waals surface area (Å²) in [7, 11) is 0. The summed E-state index contributed by atoms with van der Waals surface area (Å²) in [5.41, 5.74) is 0. The van der Waals surface area contributed by atoms with Crippen LogP contribution in [0.3, 0.4) is 0 Å². The number of pyridine rings is 1. The average Bonchev–Trinajstić information content (AvgIpc) is 3.10. The summed E-state index contributed by atoms with van der Waals surface area (Å²) in [6.45, 7) is 1.35. The summed E-state index contributed by atoms with van der Waals surface area (Å²) < 4.78 is 5.77. The zero-order valence-electron chi connectivity index (χ0n) is 11.4. The minimum Gasteiger partial charge on any atom is -0.480 e. The molecule has 6 heteroatoms. The van der Waals surface area contributed by atoms with Crippen LogP contribution in [0, 0.1) is 0 Å². The van der Waals surface area contributed by atoms with E-state index in [2.05, 4.69) is 4.98 Å². The van der Waals surface area contributed by atoms with E-state index >= 15 is 0 Å². The predicted octanol–water partition coefficient (Wildman–Crippen LogP) is 2.87. The highest BCUT2D eigenvalue weighted by molar-refractivity contribution is 7.99. The number of rotatable bonds is 5. The molecule has 1 atom stereocenters. The van der Waals surface area contributed by atoms with Crippen LogP contribution < -0.4 is 0 Å². The second-order valence-corrected chi connectivity index (χ2v) is 5.98. The molecule has 1 N–H and O–H groups in total. The molecule has 0 aliphatic carbocycles. The molecule has 2 aromatic rings. The third-order valence-corrected chi connectivity index (χ3v) is 4.36. The third kappa shape index (κ3) is 3.46. The van der Waals surface area contributed by atoms with Gasteiger partial charge in [0.25, 0.3) is 0 Å². The van der Waals surface area contributed by atoms with Gasteiger partial charge in [-0.05, 0) is 55.4 Å². The van der Waals surface area contributed by atoms with Crippen molar-refractivity contribution in [1.82, 2.24) is 9.88 Å². The second-order valence-electron chi connectivity index (χ2n) is 4.96. The molecule has 0 spiro atoms. The quantitative estimate of drug-likeness (QED) is 0.916. The molecule has 1 aliphatic rings. The van der Waals surface area contributed by atoms with Crippen LogP contribution in [0.25, 0.3) is 0 Å². The van der Waals surface area contributed by atoms with Gasteiger partial charge in [-0.2, -0.15) is 0 Å². The Bertz CT molecular complexity index is 614. The standard InChI is InChI=1S/C15H16N2O3S/c18-15(19)12-4-3-9-17(12)10-11-6-7-14(20-11)21-13-5-1-2-8-16-13/h1-2,5-8,12H,3-4,9-10H2,(H,18,19)/t12-/m1/s1. The lowest BCUT2D eigenvalue weighted by Crippen LogP contribution is -2.35. The Kier molecular flexibility index (Phi) is 4.26. The van der Waals surface area contributed by atoms with Gasteiger partial charge in [-0.15, -0.1) is 0 Å². The fourth-order valence-corrected chi connectivity index (χ4v) is 3.25. The maximum atomic E-state index is 11.2. The fraction of sp³-hybridized carbons (Fsp3) is 0.333. The minimum absolute atomic E-state index is 0.387. The summed E-state index contributed by atoms with van der Waals surface area (Å²) in [6.07, 6.45) is 3.38. The van der Waals surface area contributed by atoms with E-state index in [4.69, 9.17) is 4.42 Å². The number of carbonyl (C=O) groups is 1. The molecule has 0 aromatic carbocycles. The second kappa shape index (κ2) is 6.32. The van der Waals surface area contributed by atoms with Gasteiger partial charge in [-0.1, -0.05) is 6.07 Å². The Hall–Kier alpha value is -1.79. The molecule has 3 rings (SSSR count). The van der Waals surface area contributed by atoms with E-state index in [1.165, 1.54) is 11.8 Å². The van der Waals surface area contributed by atoms with Gasteiger partial charge in [0.2, 0.25) is 0 Å². The van der Waals surface area contributed by atoms with E-state index in [1.54, 1.807) is 6.20 Å². The van der Waals surface area contributed by atoms with E-state index in [0.717, 1.165) is 28.8 Å². The number of carboxylic acid groups (broad SMARTS) is 1. The SMILES string of the molecule is O=C(O)[C@H]1CCCN1Cc1ccc(Sc2ccccn2)o1. The predicted molar refractivity (Wildman–Crippen MR) is 78.1 cm³/mol. The molecule has 0 bridgehead atoms. The van der Waals surface area contributed by atoms with Crippen molar-refractivity contribution in [1.29, 1.82) is 0 Å². The molecule has 110 valence electrons. The van der Waals surface area contributed by atoms with Gasteiger partial charge in [-0.25, -0.2) is 4.98 Å². The topological polar surface area (TPSA) is 66.6 Å². The van der Waals surface area contributed by atoms with Crippen LogP contribution in [0.2, 0.25) is 0 Å². The number of carboxylic acids is 1. The molecular weight excluding hydrogens is 288 g/mol. The van der Waals surface area contributed by atoms with Crippen LogP contribution in [-0.4, -0.2) is 33.5 Å². The van der Waals surface area contributed by atoms with Crippen molar-refractivity contribution in [2.45, 2.75) is 35.5 Å². The molecule has 5 nitrogen and oxygen atoms in total. The number of aliphatic carboxylic acids is 1. The highest BCUT2D eigenvalue weighted by atomic mass is 32.2. The van der Waals surface area contributed by atoms with Gasteiger partial charge in [-0.3, -0.25) is 9.69 Å². The number of nitrogens with zero attached hydrogens (tertiary/aromatic N) is 2. The molecular formula is C15H16N2O3S. The normalized spacial score (nSPS) is 19.0. The minimum atomic E-state index is -0.748. The van der Waals surface area contributed by atoms with Crippen LogP contribution >= 0.6 is 11.8 Å². The van der Waals surface area contributed by atoms with Gasteiger partial charge < -0.3 is 9.52 Å². The molecule has 21 heavy (non-hydrogen) atoms. The summed E-state index contributed by atoms with van der Waals surface area (Å²) in [6, 6.07) is 9.15. The Morgan fingerprint density at radius 3 is 3.10 bits per heavy atom. The van der Waals surface area contributed by atoms with Crippen molar-refractivity contribution in [3.63, 3.8) is 0 Å². The average molecular weight is 304 g/mol. The maximum absolute atomic E-state index is 11.2. The van der Waals surface area contributed by atoms with E-state index in [0.29, 0.717) is 13.0 Å². The Morgan fingerprint density at radius 1 is 1.43 bits per heavy atom. The van der Waals surface area contributed by atoms with Crippen molar-refractivity contribution >= 4 is 17.7 Å². The van der Waals surface area contributed by atoms with E-state index < -0.39 is 5.97 Å². The van der Waals surface area contributed by atoms with Crippen molar-refractivity contribution in [3.8, 4) is 0 Å². The molecule has 0 amide bonds. The largest absolute Gasteiger partial charge is 0.480 e. The zero-order chi connectivity index (χ0) is 14.7. The van der Waals surface area contributed by atoms with Gasteiger partial charge >= 0.3 is 5.97 Å². The first-order valence-corrected chi connectivity index (χ1v) is 7.68. The lowest BCUT2D eigenvalue weighted by Gasteiger charge is -2.19. The number of likely N-dealkylation sites (tertiary alicyclic amines) is 1. The van der Waals surface area contributed by atoms with Crippen LogP contribution in [0.15, 0.2) is 51.1 Å². The van der Waals surface area contributed by atoms with E-state index in [1.807, 2.05) is 35.2 Å². The molecule has 1 fully saturated rings. The highest BCUT2D eigenvalue weighted by Gasteiger charge is 2.30. The Labute approximate surface area is 127 Å². The number of hydrogen-bond donors (Lipinski definition) is 1. The van der Waals surface area contributed by atoms with E-state index in [-0.39, 0.29) is 6.04 Å². The fourth-order valence-electron chi connectivity index (χ4n) is 2.50. The molecule has 0 unspecified atom stereocenters. The molecule has 0 radical (unpaired) electrons. The Morgan fingerprint density at radius 2 is 2.33 bits per heavy atom. The van der Waals surface area contributed by atoms with Crippen molar-refractivity contribution in [3.05, 3.63) is 42.3 Å².